The Kier molecular flexibility index (Phi) is 2.55. The van der Waals surface area contributed by atoms with Crippen LogP contribution in [0.1, 0.15) is 10.6 Å². The van der Waals surface area contributed by atoms with E-state index in [2.05, 4.69) is 15.0 Å². The first kappa shape index (κ1) is 10.2. The number of aromatic nitrogens is 3. The molecule has 0 atom stereocenters. The van der Waals surface area contributed by atoms with Crippen LogP contribution in [-0.2, 0) is 0 Å². The summed E-state index contributed by atoms with van der Waals surface area (Å²) in [4.78, 5) is 21.3. The Morgan fingerprint density at radius 2 is 1.69 bits per heavy atom. The van der Waals surface area contributed by atoms with E-state index in [1.807, 2.05) is 0 Å². The van der Waals surface area contributed by atoms with E-state index < -0.39 is 11.9 Å². The molecule has 0 amide bonds. The summed E-state index contributed by atoms with van der Waals surface area (Å²) in [6, 6.07) is 2.72. The predicted molar refractivity (Wildman–Crippen MR) is 52.2 cm³/mol. The molecule has 0 bridgehead atoms. The van der Waals surface area contributed by atoms with Gasteiger partial charge in [-0.3, -0.25) is 0 Å². The molecule has 0 aromatic carbocycles. The second kappa shape index (κ2) is 4.01. The minimum Gasteiger partial charge on any atom is -0.475 e. The maximum absolute atomic E-state index is 12.6. The van der Waals surface area contributed by atoms with Crippen LogP contribution in [0.5, 0.6) is 0 Å². The second-order valence-electron chi connectivity index (χ2n) is 2.97. The molecule has 2 aromatic heterocycles. The summed E-state index contributed by atoms with van der Waals surface area (Å²) in [7, 11) is 0. The van der Waals surface area contributed by atoms with Crippen LogP contribution in [0.3, 0.4) is 0 Å². The monoisotopic (exact) mass is 219 g/mol. The lowest BCUT2D eigenvalue weighted by molar-refractivity contribution is 0.0683. The number of carboxylic acid groups (broad SMARTS) is 1. The zero-order valence-corrected chi connectivity index (χ0v) is 7.96. The topological polar surface area (TPSA) is 76.0 Å². The first-order valence-corrected chi connectivity index (χ1v) is 4.34. The van der Waals surface area contributed by atoms with E-state index in [1.165, 1.54) is 30.7 Å². The molecule has 0 spiro atoms. The van der Waals surface area contributed by atoms with Crippen molar-refractivity contribution < 1.29 is 14.3 Å². The maximum atomic E-state index is 12.6. The summed E-state index contributed by atoms with van der Waals surface area (Å²) in [6.45, 7) is 0. The van der Waals surface area contributed by atoms with E-state index in [-0.39, 0.29) is 5.82 Å². The number of hydrogen-bond donors (Lipinski definition) is 1. The number of halogens is 1. The van der Waals surface area contributed by atoms with Crippen molar-refractivity contribution in [2.75, 3.05) is 0 Å². The largest absolute Gasteiger partial charge is 0.475 e. The van der Waals surface area contributed by atoms with Gasteiger partial charge in [-0.2, -0.15) is 4.39 Å². The van der Waals surface area contributed by atoms with Crippen molar-refractivity contribution in [2.45, 2.75) is 0 Å². The fourth-order valence-corrected chi connectivity index (χ4v) is 1.13. The van der Waals surface area contributed by atoms with Gasteiger partial charge in [0.25, 0.3) is 0 Å². The summed E-state index contributed by atoms with van der Waals surface area (Å²) in [6.07, 6.45) is 4.03. The van der Waals surface area contributed by atoms with Crippen LogP contribution in [0.4, 0.5) is 4.39 Å². The summed E-state index contributed by atoms with van der Waals surface area (Å²) >= 11 is 0. The molecule has 16 heavy (non-hydrogen) atoms. The smallest absolute Gasteiger partial charge is 0.373 e. The highest BCUT2D eigenvalue weighted by molar-refractivity contribution is 5.83. The average Bonchev–Trinajstić information content (AvgIpc) is 2.30. The number of pyridine rings is 1. The Bertz CT molecular complexity index is 511. The minimum absolute atomic E-state index is 0.279. The SMILES string of the molecule is O=C(O)c1ncc(-c2ccc(F)nc2)cn1. The fourth-order valence-electron chi connectivity index (χ4n) is 1.13. The standard InChI is InChI=1S/C10H6FN3O2/c11-8-2-1-6(3-12-8)7-4-13-9(10(15)16)14-5-7/h1-5H,(H,15,16). The Labute approximate surface area is 89.6 Å². The summed E-state index contributed by atoms with van der Waals surface area (Å²) in [5, 5.41) is 8.60. The molecule has 0 fully saturated rings. The highest BCUT2D eigenvalue weighted by Gasteiger charge is 2.06. The number of aromatic carboxylic acids is 1. The van der Waals surface area contributed by atoms with Crippen molar-refractivity contribution in [3.63, 3.8) is 0 Å². The summed E-state index contributed by atoms with van der Waals surface area (Å²) < 4.78 is 12.6. The molecule has 2 heterocycles. The summed E-state index contributed by atoms with van der Waals surface area (Å²) in [5.41, 5.74) is 1.20. The van der Waals surface area contributed by atoms with E-state index in [0.717, 1.165) is 0 Å². The van der Waals surface area contributed by atoms with Gasteiger partial charge in [0, 0.05) is 29.7 Å². The summed E-state index contributed by atoms with van der Waals surface area (Å²) in [5.74, 6) is -2.05. The molecule has 0 aliphatic heterocycles. The van der Waals surface area contributed by atoms with Crippen molar-refractivity contribution >= 4 is 5.97 Å². The molecule has 0 saturated heterocycles. The number of carbonyl (C=O) groups is 1. The lowest BCUT2D eigenvalue weighted by atomic mass is 10.1. The van der Waals surface area contributed by atoms with Gasteiger partial charge in [-0.25, -0.2) is 19.7 Å². The molecule has 80 valence electrons. The van der Waals surface area contributed by atoms with Crippen LogP contribution in [0, 0.1) is 5.95 Å². The third-order valence-electron chi connectivity index (χ3n) is 1.90. The van der Waals surface area contributed by atoms with Crippen molar-refractivity contribution in [2.24, 2.45) is 0 Å². The van der Waals surface area contributed by atoms with Crippen LogP contribution in [0.2, 0.25) is 0 Å². The Hall–Kier alpha value is -2.37. The normalized spacial score (nSPS) is 10.1. The van der Waals surface area contributed by atoms with Crippen LogP contribution < -0.4 is 0 Å². The molecule has 0 aliphatic carbocycles. The van der Waals surface area contributed by atoms with Gasteiger partial charge in [0.2, 0.25) is 11.8 Å². The quantitative estimate of drug-likeness (QED) is 0.772. The van der Waals surface area contributed by atoms with Gasteiger partial charge in [0.15, 0.2) is 0 Å². The zero-order valence-electron chi connectivity index (χ0n) is 7.96. The maximum Gasteiger partial charge on any atom is 0.373 e. The lowest BCUT2D eigenvalue weighted by Gasteiger charge is -1.99. The molecule has 6 heteroatoms. The molecule has 2 aromatic rings. The van der Waals surface area contributed by atoms with Crippen molar-refractivity contribution in [1.82, 2.24) is 15.0 Å². The molecule has 0 radical (unpaired) electrons. The van der Waals surface area contributed by atoms with Gasteiger partial charge < -0.3 is 5.11 Å². The third-order valence-corrected chi connectivity index (χ3v) is 1.90. The van der Waals surface area contributed by atoms with E-state index in [0.29, 0.717) is 11.1 Å². The second-order valence-corrected chi connectivity index (χ2v) is 2.97. The molecule has 0 unspecified atom stereocenters. The van der Waals surface area contributed by atoms with Gasteiger partial charge in [-0.15, -0.1) is 0 Å². The Morgan fingerprint density at radius 1 is 1.06 bits per heavy atom. The van der Waals surface area contributed by atoms with E-state index >= 15 is 0 Å². The van der Waals surface area contributed by atoms with Gasteiger partial charge in [0.1, 0.15) is 0 Å². The van der Waals surface area contributed by atoms with Crippen molar-refractivity contribution in [3.8, 4) is 11.1 Å². The van der Waals surface area contributed by atoms with E-state index in [1.54, 1.807) is 0 Å². The number of carboxylic acids is 1. The van der Waals surface area contributed by atoms with Crippen LogP contribution in [0.25, 0.3) is 11.1 Å². The van der Waals surface area contributed by atoms with Gasteiger partial charge in [-0.05, 0) is 12.1 Å². The van der Waals surface area contributed by atoms with Crippen molar-refractivity contribution in [3.05, 3.63) is 42.5 Å². The molecule has 0 saturated carbocycles. The lowest BCUT2D eigenvalue weighted by Crippen LogP contribution is -2.03. The predicted octanol–water partition coefficient (Wildman–Crippen LogP) is 1.38. The molecular weight excluding hydrogens is 213 g/mol. The van der Waals surface area contributed by atoms with Gasteiger partial charge >= 0.3 is 5.97 Å². The third kappa shape index (κ3) is 2.00. The average molecular weight is 219 g/mol. The van der Waals surface area contributed by atoms with E-state index in [4.69, 9.17) is 5.11 Å². The first-order chi connectivity index (χ1) is 7.66. The Balaban J connectivity index is 2.34. The van der Waals surface area contributed by atoms with Crippen LogP contribution in [0.15, 0.2) is 30.7 Å². The van der Waals surface area contributed by atoms with Gasteiger partial charge in [0.05, 0.1) is 0 Å². The molecule has 5 nitrogen and oxygen atoms in total. The number of rotatable bonds is 2. The zero-order chi connectivity index (χ0) is 11.5. The fraction of sp³-hybridized carbons (Fsp3) is 0. The number of nitrogens with zero attached hydrogens (tertiary/aromatic N) is 3. The highest BCUT2D eigenvalue weighted by Crippen LogP contribution is 2.15. The Morgan fingerprint density at radius 3 is 2.19 bits per heavy atom. The van der Waals surface area contributed by atoms with Crippen LogP contribution in [-0.4, -0.2) is 26.0 Å². The highest BCUT2D eigenvalue weighted by atomic mass is 19.1. The van der Waals surface area contributed by atoms with Crippen molar-refractivity contribution in [1.29, 1.82) is 0 Å². The molecule has 2 rings (SSSR count). The minimum atomic E-state index is -1.19. The van der Waals surface area contributed by atoms with Gasteiger partial charge in [-0.1, -0.05) is 0 Å². The molecule has 1 N–H and O–H groups in total. The number of hydrogen-bond acceptors (Lipinski definition) is 4. The first-order valence-electron chi connectivity index (χ1n) is 4.34. The molecule has 0 aliphatic rings. The van der Waals surface area contributed by atoms with E-state index in [9.17, 15) is 9.18 Å². The van der Waals surface area contributed by atoms with Crippen LogP contribution >= 0.6 is 0 Å². The molecular formula is C10H6FN3O2.